The van der Waals surface area contributed by atoms with Gasteiger partial charge in [-0.2, -0.15) is 0 Å². The molecule has 1 saturated carbocycles. The van der Waals surface area contributed by atoms with Gasteiger partial charge in [0.25, 0.3) is 0 Å². The lowest BCUT2D eigenvalue weighted by atomic mass is 9.70. The summed E-state index contributed by atoms with van der Waals surface area (Å²) in [5.41, 5.74) is 7.77. The maximum atomic E-state index is 6.11. The Labute approximate surface area is 117 Å². The second kappa shape index (κ2) is 6.49. The normalized spacial score (nSPS) is 27.7. The average Bonchev–Trinajstić information content (AvgIpc) is 2.39. The first kappa shape index (κ1) is 14.5. The van der Waals surface area contributed by atoms with Crippen LogP contribution in [0.3, 0.4) is 0 Å². The first-order chi connectivity index (χ1) is 9.13. The molecule has 2 unspecified atom stereocenters. The first-order valence-electron chi connectivity index (χ1n) is 7.41. The summed E-state index contributed by atoms with van der Waals surface area (Å²) in [5.74, 6) is 0.826. The molecule has 0 saturated heterocycles. The average molecular weight is 261 g/mol. The lowest BCUT2D eigenvalue weighted by Gasteiger charge is -2.41. The Morgan fingerprint density at radius 3 is 2.79 bits per heavy atom. The third kappa shape index (κ3) is 4.02. The summed E-state index contributed by atoms with van der Waals surface area (Å²) >= 11 is 0. The van der Waals surface area contributed by atoms with Crippen molar-refractivity contribution >= 4 is 0 Å². The number of nitrogens with zero attached hydrogens (tertiary/aromatic N) is 2. The minimum absolute atomic E-state index is 0.333. The zero-order valence-electron chi connectivity index (χ0n) is 12.3. The molecule has 2 rings (SSSR count). The van der Waals surface area contributed by atoms with Crippen molar-refractivity contribution in [1.29, 1.82) is 0 Å². The molecule has 19 heavy (non-hydrogen) atoms. The summed E-state index contributed by atoms with van der Waals surface area (Å²) in [7, 11) is 2.21. The molecule has 0 aromatic carbocycles. The van der Waals surface area contributed by atoms with E-state index in [1.807, 2.05) is 12.4 Å². The molecule has 0 radical (unpaired) electrons. The highest BCUT2D eigenvalue weighted by Gasteiger charge is 2.34. The Balaban J connectivity index is 1.94. The first-order valence-corrected chi connectivity index (χ1v) is 7.41. The van der Waals surface area contributed by atoms with Crippen LogP contribution in [0.2, 0.25) is 0 Å². The SMILES string of the molecule is CC1CCCC(CN)(CN(C)Cc2ccncc2)C1. The number of nitrogens with two attached hydrogens (primary N) is 1. The number of hydrogen-bond acceptors (Lipinski definition) is 3. The molecule has 2 atom stereocenters. The molecular formula is C16H27N3. The minimum Gasteiger partial charge on any atom is -0.330 e. The fourth-order valence-corrected chi connectivity index (χ4v) is 3.59. The highest BCUT2D eigenvalue weighted by Crippen LogP contribution is 2.39. The van der Waals surface area contributed by atoms with Crippen LogP contribution in [0, 0.1) is 11.3 Å². The molecule has 1 fully saturated rings. The van der Waals surface area contributed by atoms with E-state index in [-0.39, 0.29) is 0 Å². The van der Waals surface area contributed by atoms with E-state index in [4.69, 9.17) is 5.73 Å². The van der Waals surface area contributed by atoms with E-state index >= 15 is 0 Å². The molecule has 2 N–H and O–H groups in total. The molecule has 1 heterocycles. The predicted molar refractivity (Wildman–Crippen MR) is 79.7 cm³/mol. The second-order valence-electron chi connectivity index (χ2n) is 6.43. The van der Waals surface area contributed by atoms with Crippen LogP contribution >= 0.6 is 0 Å². The van der Waals surface area contributed by atoms with Gasteiger partial charge in [-0.05, 0) is 55.5 Å². The fraction of sp³-hybridized carbons (Fsp3) is 0.688. The van der Waals surface area contributed by atoms with Crippen molar-refractivity contribution < 1.29 is 0 Å². The summed E-state index contributed by atoms with van der Waals surface area (Å²) < 4.78 is 0. The van der Waals surface area contributed by atoms with Crippen molar-refractivity contribution in [3.05, 3.63) is 30.1 Å². The Hall–Kier alpha value is -0.930. The van der Waals surface area contributed by atoms with Crippen LogP contribution in [0.25, 0.3) is 0 Å². The third-order valence-electron chi connectivity index (χ3n) is 4.43. The highest BCUT2D eigenvalue weighted by molar-refractivity contribution is 5.09. The van der Waals surface area contributed by atoms with Gasteiger partial charge in [-0.25, -0.2) is 0 Å². The summed E-state index contributed by atoms with van der Waals surface area (Å²) in [6.07, 6.45) is 9.01. The van der Waals surface area contributed by atoms with E-state index in [2.05, 4.69) is 36.0 Å². The lowest BCUT2D eigenvalue weighted by Crippen LogP contribution is -2.44. The molecule has 1 aliphatic carbocycles. The molecule has 0 spiro atoms. The molecule has 0 amide bonds. The standard InChI is InChI=1S/C16H27N3/c1-14-4-3-7-16(10-14,12-17)13-19(2)11-15-5-8-18-9-6-15/h5-6,8-9,14H,3-4,7,10-13,17H2,1-2H3. The van der Waals surface area contributed by atoms with Crippen LogP contribution in [-0.4, -0.2) is 30.0 Å². The molecule has 3 heteroatoms. The maximum Gasteiger partial charge on any atom is 0.0271 e. The smallest absolute Gasteiger partial charge is 0.0271 e. The van der Waals surface area contributed by atoms with E-state index in [9.17, 15) is 0 Å². The Morgan fingerprint density at radius 2 is 2.16 bits per heavy atom. The van der Waals surface area contributed by atoms with Crippen molar-refractivity contribution in [3.8, 4) is 0 Å². The minimum atomic E-state index is 0.333. The molecule has 0 bridgehead atoms. The molecule has 106 valence electrons. The van der Waals surface area contributed by atoms with Crippen LogP contribution in [0.15, 0.2) is 24.5 Å². The van der Waals surface area contributed by atoms with E-state index in [1.54, 1.807) is 0 Å². The van der Waals surface area contributed by atoms with Crippen LogP contribution in [0.1, 0.15) is 38.2 Å². The van der Waals surface area contributed by atoms with Gasteiger partial charge in [0.05, 0.1) is 0 Å². The zero-order chi connectivity index (χ0) is 13.7. The van der Waals surface area contributed by atoms with Gasteiger partial charge in [-0.3, -0.25) is 4.98 Å². The quantitative estimate of drug-likeness (QED) is 0.886. The van der Waals surface area contributed by atoms with Crippen LogP contribution in [0.5, 0.6) is 0 Å². The monoisotopic (exact) mass is 261 g/mol. The zero-order valence-corrected chi connectivity index (χ0v) is 12.3. The summed E-state index contributed by atoms with van der Waals surface area (Å²) in [4.78, 5) is 6.49. The van der Waals surface area contributed by atoms with E-state index < -0.39 is 0 Å². The van der Waals surface area contributed by atoms with Gasteiger partial charge >= 0.3 is 0 Å². The molecular weight excluding hydrogens is 234 g/mol. The van der Waals surface area contributed by atoms with E-state index in [1.165, 1.54) is 31.2 Å². The van der Waals surface area contributed by atoms with Gasteiger partial charge in [0.1, 0.15) is 0 Å². The number of hydrogen-bond donors (Lipinski definition) is 1. The van der Waals surface area contributed by atoms with Gasteiger partial charge < -0.3 is 10.6 Å². The Kier molecular flexibility index (Phi) is 4.94. The molecule has 1 aromatic rings. The van der Waals surface area contributed by atoms with E-state index in [0.717, 1.165) is 25.6 Å². The Morgan fingerprint density at radius 1 is 1.42 bits per heavy atom. The largest absolute Gasteiger partial charge is 0.330 e. The third-order valence-corrected chi connectivity index (χ3v) is 4.43. The van der Waals surface area contributed by atoms with E-state index in [0.29, 0.717) is 5.41 Å². The molecule has 1 aliphatic rings. The van der Waals surface area contributed by atoms with Crippen molar-refractivity contribution in [2.24, 2.45) is 17.1 Å². The number of rotatable bonds is 5. The molecule has 1 aromatic heterocycles. The van der Waals surface area contributed by atoms with Crippen molar-refractivity contribution in [2.45, 2.75) is 39.2 Å². The number of aromatic nitrogens is 1. The predicted octanol–water partition coefficient (Wildman–Crippen LogP) is 2.67. The van der Waals surface area contributed by atoms with Crippen LogP contribution in [0.4, 0.5) is 0 Å². The van der Waals surface area contributed by atoms with Crippen molar-refractivity contribution in [3.63, 3.8) is 0 Å². The molecule has 0 aliphatic heterocycles. The van der Waals surface area contributed by atoms with Gasteiger partial charge in [0.2, 0.25) is 0 Å². The number of pyridine rings is 1. The fourth-order valence-electron chi connectivity index (χ4n) is 3.59. The van der Waals surface area contributed by atoms with Gasteiger partial charge in [0, 0.05) is 25.5 Å². The van der Waals surface area contributed by atoms with Crippen molar-refractivity contribution in [1.82, 2.24) is 9.88 Å². The summed E-state index contributed by atoms with van der Waals surface area (Å²) in [6.45, 7) is 5.28. The Bertz CT molecular complexity index is 379. The topological polar surface area (TPSA) is 42.1 Å². The van der Waals surface area contributed by atoms with Crippen molar-refractivity contribution in [2.75, 3.05) is 20.1 Å². The van der Waals surface area contributed by atoms with Crippen LogP contribution < -0.4 is 5.73 Å². The maximum absolute atomic E-state index is 6.11. The lowest BCUT2D eigenvalue weighted by molar-refractivity contribution is 0.0981. The van der Waals surface area contributed by atoms with Gasteiger partial charge in [0.15, 0.2) is 0 Å². The summed E-state index contributed by atoms with van der Waals surface area (Å²) in [6, 6.07) is 4.18. The van der Waals surface area contributed by atoms with Crippen LogP contribution in [-0.2, 0) is 6.54 Å². The molecule has 3 nitrogen and oxygen atoms in total. The summed E-state index contributed by atoms with van der Waals surface area (Å²) in [5, 5.41) is 0. The highest BCUT2D eigenvalue weighted by atomic mass is 15.1. The van der Waals surface area contributed by atoms with Gasteiger partial charge in [-0.1, -0.05) is 19.8 Å². The van der Waals surface area contributed by atoms with Gasteiger partial charge in [-0.15, -0.1) is 0 Å². The second-order valence-corrected chi connectivity index (χ2v) is 6.43.